The molecular weight excluding hydrogens is 1130 g/mol. The molecule has 11 heteroatoms. The SMILES string of the molecule is C/C=C/CC/C=C/CC/C=C/C(O)C(COC1OC(CO)C(O)C(O)C1O)NC(=O)CCCCCCCCCCCCCCCCCCC/C=C\C/C=C\CCCCCCCCCCCCCCCCCOC(=O)CCCCCCC/C=C\CCCCCCCC. The number of esters is 1. The minimum absolute atomic E-state index is 0.00626. The van der Waals surface area contributed by atoms with Gasteiger partial charge in [-0.15, -0.1) is 0 Å². The van der Waals surface area contributed by atoms with Crippen LogP contribution in [0.2, 0.25) is 0 Å². The number of hydrogen-bond donors (Lipinski definition) is 6. The standard InChI is InChI=1S/C80H145NO10/c1-3-5-7-9-11-13-14-15-41-45-48-52-56-60-64-68-76(85)89-69-65-61-57-53-49-46-43-40-38-36-34-32-30-28-26-24-22-20-18-16-17-19-21-23-25-27-29-31-33-35-37-39-42-44-47-51-55-59-63-67-75(84)81-72(73(83)66-62-58-54-50-12-10-8-6-4-2)71-90-80-79(88)78(87)77(86)74(70-82)91-80/h4,6,12,15-17,20,22,41,50,62,66,72-74,77-80,82-83,86-88H,3,5,7-11,13-14,18-19,21,23-40,42-49,51-61,63-65,67-71H2,1-2H3,(H,81,84)/b6-4+,17-16-,22-20-,41-15-,50-12+,66-62+. The lowest BCUT2D eigenvalue weighted by Crippen LogP contribution is -2.60. The Morgan fingerprint density at radius 3 is 1.22 bits per heavy atom. The maximum absolute atomic E-state index is 13.0. The van der Waals surface area contributed by atoms with Gasteiger partial charge < -0.3 is 45.1 Å². The lowest BCUT2D eigenvalue weighted by molar-refractivity contribution is -0.302. The largest absolute Gasteiger partial charge is 0.466 e. The third kappa shape index (κ3) is 57.1. The van der Waals surface area contributed by atoms with Crippen molar-refractivity contribution in [2.75, 3.05) is 19.8 Å². The lowest BCUT2D eigenvalue weighted by Gasteiger charge is -2.40. The fourth-order valence-electron chi connectivity index (χ4n) is 12.0. The third-order valence-corrected chi connectivity index (χ3v) is 18.1. The molecule has 7 atom stereocenters. The molecule has 7 unspecified atom stereocenters. The number of unbranched alkanes of at least 4 members (excludes halogenated alkanes) is 45. The van der Waals surface area contributed by atoms with Gasteiger partial charge in [-0.25, -0.2) is 0 Å². The Labute approximate surface area is 560 Å². The van der Waals surface area contributed by atoms with Crippen LogP contribution in [0.5, 0.6) is 0 Å². The number of ether oxygens (including phenoxy) is 3. The Balaban J connectivity index is 1.87. The number of nitrogens with one attached hydrogen (secondary N) is 1. The molecule has 1 saturated heterocycles. The molecule has 6 N–H and O–H groups in total. The maximum Gasteiger partial charge on any atom is 0.305 e. The Bertz CT molecular complexity index is 1740. The molecule has 530 valence electrons. The number of aliphatic hydroxyl groups excluding tert-OH is 5. The molecule has 11 nitrogen and oxygen atoms in total. The molecule has 1 heterocycles. The highest BCUT2D eigenvalue weighted by molar-refractivity contribution is 5.76. The molecular formula is C80H145NO10. The molecule has 0 radical (unpaired) electrons. The van der Waals surface area contributed by atoms with E-state index in [1.54, 1.807) is 6.08 Å². The second-order valence-electron chi connectivity index (χ2n) is 26.7. The Kier molecular flexibility index (Phi) is 64.8. The molecule has 0 aromatic heterocycles. The van der Waals surface area contributed by atoms with Crippen LogP contribution in [0.4, 0.5) is 0 Å². The number of amides is 1. The monoisotopic (exact) mass is 1280 g/mol. The zero-order chi connectivity index (χ0) is 65.8. The van der Waals surface area contributed by atoms with Crippen molar-refractivity contribution < 1.29 is 49.3 Å². The summed E-state index contributed by atoms with van der Waals surface area (Å²) in [5.41, 5.74) is 0. The summed E-state index contributed by atoms with van der Waals surface area (Å²) < 4.78 is 16.7. The van der Waals surface area contributed by atoms with E-state index in [2.05, 4.69) is 66.9 Å². The van der Waals surface area contributed by atoms with Crippen LogP contribution in [-0.4, -0.2) is 100 Å². The van der Waals surface area contributed by atoms with Crippen LogP contribution in [0.3, 0.4) is 0 Å². The molecule has 1 aliphatic heterocycles. The molecule has 1 aliphatic rings. The van der Waals surface area contributed by atoms with E-state index in [-0.39, 0.29) is 18.5 Å². The van der Waals surface area contributed by atoms with Crippen molar-refractivity contribution in [3.8, 4) is 0 Å². The Morgan fingerprint density at radius 2 is 0.791 bits per heavy atom. The number of allylic oxidation sites excluding steroid dienone is 11. The fraction of sp³-hybridized carbons (Fsp3) is 0.825. The van der Waals surface area contributed by atoms with E-state index >= 15 is 0 Å². The molecule has 1 fully saturated rings. The Hall–Kier alpha value is -2.90. The summed E-state index contributed by atoms with van der Waals surface area (Å²) >= 11 is 0. The van der Waals surface area contributed by atoms with Crippen molar-refractivity contribution in [1.29, 1.82) is 0 Å². The van der Waals surface area contributed by atoms with Crippen LogP contribution >= 0.6 is 0 Å². The van der Waals surface area contributed by atoms with Gasteiger partial charge in [-0.1, -0.05) is 311 Å². The van der Waals surface area contributed by atoms with Crippen LogP contribution in [0, 0.1) is 0 Å². The first-order chi connectivity index (χ1) is 44.7. The highest BCUT2D eigenvalue weighted by Gasteiger charge is 2.44. The zero-order valence-corrected chi connectivity index (χ0v) is 59.1. The van der Waals surface area contributed by atoms with E-state index < -0.39 is 49.5 Å². The van der Waals surface area contributed by atoms with Crippen molar-refractivity contribution in [2.24, 2.45) is 0 Å². The van der Waals surface area contributed by atoms with Gasteiger partial charge in [0.25, 0.3) is 0 Å². The van der Waals surface area contributed by atoms with Crippen LogP contribution in [-0.2, 0) is 23.8 Å². The van der Waals surface area contributed by atoms with Crippen molar-refractivity contribution >= 4 is 11.9 Å². The van der Waals surface area contributed by atoms with E-state index in [0.717, 1.165) is 70.6 Å². The zero-order valence-electron chi connectivity index (χ0n) is 59.1. The summed E-state index contributed by atoms with van der Waals surface area (Å²) in [6.07, 6.45) is 84.0. The molecule has 0 aromatic rings. The second-order valence-corrected chi connectivity index (χ2v) is 26.7. The number of carbonyl (C=O) groups is 2. The fourth-order valence-corrected chi connectivity index (χ4v) is 12.0. The average Bonchev–Trinajstić information content (AvgIpc) is 1.22. The van der Waals surface area contributed by atoms with Gasteiger partial charge in [0.2, 0.25) is 5.91 Å². The summed E-state index contributed by atoms with van der Waals surface area (Å²) in [4.78, 5) is 25.1. The van der Waals surface area contributed by atoms with Gasteiger partial charge in [-0.3, -0.25) is 9.59 Å². The quantitative estimate of drug-likeness (QED) is 0.0195. The van der Waals surface area contributed by atoms with Crippen LogP contribution in [0.25, 0.3) is 0 Å². The number of carbonyl (C=O) groups excluding carboxylic acids is 2. The highest BCUT2D eigenvalue weighted by Crippen LogP contribution is 2.23. The summed E-state index contributed by atoms with van der Waals surface area (Å²) in [5, 5.41) is 54.3. The minimum Gasteiger partial charge on any atom is -0.466 e. The van der Waals surface area contributed by atoms with Gasteiger partial charge in [0.05, 0.1) is 32.0 Å². The molecule has 1 rings (SSSR count). The smallest absolute Gasteiger partial charge is 0.305 e. The molecule has 91 heavy (non-hydrogen) atoms. The summed E-state index contributed by atoms with van der Waals surface area (Å²) in [7, 11) is 0. The maximum atomic E-state index is 13.0. The van der Waals surface area contributed by atoms with E-state index in [4.69, 9.17) is 14.2 Å². The van der Waals surface area contributed by atoms with Crippen LogP contribution < -0.4 is 5.32 Å². The van der Waals surface area contributed by atoms with Gasteiger partial charge in [-0.2, -0.15) is 0 Å². The number of aliphatic hydroxyl groups is 5. The van der Waals surface area contributed by atoms with Crippen LogP contribution in [0.15, 0.2) is 72.9 Å². The van der Waals surface area contributed by atoms with Gasteiger partial charge in [-0.05, 0) is 110 Å². The van der Waals surface area contributed by atoms with E-state index in [1.165, 1.54) is 263 Å². The van der Waals surface area contributed by atoms with Gasteiger partial charge >= 0.3 is 5.97 Å². The van der Waals surface area contributed by atoms with Gasteiger partial charge in [0.1, 0.15) is 24.4 Å². The van der Waals surface area contributed by atoms with E-state index in [0.29, 0.717) is 19.4 Å². The van der Waals surface area contributed by atoms with Gasteiger partial charge in [0.15, 0.2) is 6.29 Å². The molecule has 1 amide bonds. The first kappa shape index (κ1) is 86.1. The van der Waals surface area contributed by atoms with Crippen molar-refractivity contribution in [3.63, 3.8) is 0 Å². The van der Waals surface area contributed by atoms with E-state index in [1.807, 2.05) is 19.1 Å². The molecule has 0 saturated carbocycles. The van der Waals surface area contributed by atoms with Crippen molar-refractivity contribution in [3.05, 3.63) is 72.9 Å². The first-order valence-electron chi connectivity index (χ1n) is 38.7. The normalized spacial score (nSPS) is 18.0. The van der Waals surface area contributed by atoms with Crippen molar-refractivity contribution in [1.82, 2.24) is 5.32 Å². The third-order valence-electron chi connectivity index (χ3n) is 18.1. The van der Waals surface area contributed by atoms with E-state index in [9.17, 15) is 35.1 Å². The van der Waals surface area contributed by atoms with Crippen LogP contribution in [0.1, 0.15) is 361 Å². The molecule has 0 aromatic carbocycles. The molecule has 0 spiro atoms. The lowest BCUT2D eigenvalue weighted by atomic mass is 9.99. The second kappa shape index (κ2) is 68.5. The predicted octanol–water partition coefficient (Wildman–Crippen LogP) is 20.6. The predicted molar refractivity (Wildman–Crippen MR) is 384 cm³/mol. The highest BCUT2D eigenvalue weighted by atomic mass is 16.7. The number of rotatable bonds is 68. The minimum atomic E-state index is -1.58. The van der Waals surface area contributed by atoms with Gasteiger partial charge in [0, 0.05) is 12.8 Å². The summed E-state index contributed by atoms with van der Waals surface area (Å²) in [6.45, 7) is 4.11. The topological polar surface area (TPSA) is 175 Å². The average molecular weight is 1280 g/mol. The Morgan fingerprint density at radius 1 is 0.429 bits per heavy atom. The first-order valence-corrected chi connectivity index (χ1v) is 38.7. The van der Waals surface area contributed by atoms with Crippen molar-refractivity contribution in [2.45, 2.75) is 403 Å². The summed E-state index contributed by atoms with van der Waals surface area (Å²) in [6, 6.07) is -0.832. The molecule has 0 aliphatic carbocycles. The number of hydrogen-bond acceptors (Lipinski definition) is 10. The summed E-state index contributed by atoms with van der Waals surface area (Å²) in [5.74, 6) is -0.190. The molecule has 0 bridgehead atoms.